The lowest BCUT2D eigenvalue weighted by Gasteiger charge is -2.31. The predicted octanol–water partition coefficient (Wildman–Crippen LogP) is 1.43. The van der Waals surface area contributed by atoms with Crippen LogP contribution in [0.25, 0.3) is 0 Å². The number of hydrogen-bond acceptors (Lipinski definition) is 2. The highest BCUT2D eigenvalue weighted by molar-refractivity contribution is 5.94. The SMILES string of the molecule is C=CCC(=C)C(N)(CC=C)C(=C)C(N)=O. The Bertz CT molecular complexity index is 318. The minimum Gasteiger partial charge on any atom is -0.366 e. The van der Waals surface area contributed by atoms with Gasteiger partial charge in [0.25, 0.3) is 0 Å². The quantitative estimate of drug-likeness (QED) is 0.488. The second kappa shape index (κ2) is 5.32. The summed E-state index contributed by atoms with van der Waals surface area (Å²) in [6.45, 7) is 14.6. The predicted molar refractivity (Wildman–Crippen MR) is 64.0 cm³/mol. The average molecular weight is 206 g/mol. The molecular formula is C12H18N2O. The first-order valence-corrected chi connectivity index (χ1v) is 4.58. The summed E-state index contributed by atoms with van der Waals surface area (Å²) in [5, 5.41) is 0. The van der Waals surface area contributed by atoms with Crippen LogP contribution in [0.3, 0.4) is 0 Å². The van der Waals surface area contributed by atoms with E-state index in [2.05, 4.69) is 26.3 Å². The number of amides is 1. The van der Waals surface area contributed by atoms with Crippen LogP contribution in [0.15, 0.2) is 49.6 Å². The van der Waals surface area contributed by atoms with E-state index in [4.69, 9.17) is 11.5 Å². The zero-order valence-electron chi connectivity index (χ0n) is 8.96. The fourth-order valence-corrected chi connectivity index (χ4v) is 1.28. The van der Waals surface area contributed by atoms with Gasteiger partial charge in [-0.15, -0.1) is 13.2 Å². The third-order valence-corrected chi connectivity index (χ3v) is 2.32. The molecule has 0 bridgehead atoms. The Morgan fingerprint density at radius 2 is 1.80 bits per heavy atom. The first-order chi connectivity index (χ1) is 6.90. The topological polar surface area (TPSA) is 69.1 Å². The monoisotopic (exact) mass is 206 g/mol. The second-order valence-corrected chi connectivity index (χ2v) is 3.40. The molecule has 0 fully saturated rings. The first-order valence-electron chi connectivity index (χ1n) is 4.58. The molecule has 0 aromatic heterocycles. The Labute approximate surface area is 90.8 Å². The average Bonchev–Trinajstić information content (AvgIpc) is 2.17. The zero-order valence-corrected chi connectivity index (χ0v) is 8.96. The maximum atomic E-state index is 11.1. The smallest absolute Gasteiger partial charge is 0.246 e. The second-order valence-electron chi connectivity index (χ2n) is 3.40. The van der Waals surface area contributed by atoms with Gasteiger partial charge >= 0.3 is 0 Å². The largest absolute Gasteiger partial charge is 0.366 e. The van der Waals surface area contributed by atoms with E-state index >= 15 is 0 Å². The highest BCUT2D eigenvalue weighted by atomic mass is 16.1. The van der Waals surface area contributed by atoms with Crippen LogP contribution in [0.5, 0.6) is 0 Å². The van der Waals surface area contributed by atoms with Crippen LogP contribution >= 0.6 is 0 Å². The summed E-state index contributed by atoms with van der Waals surface area (Å²) in [4.78, 5) is 11.1. The molecule has 0 spiro atoms. The van der Waals surface area contributed by atoms with Gasteiger partial charge in [0.1, 0.15) is 0 Å². The van der Waals surface area contributed by atoms with Crippen LogP contribution < -0.4 is 11.5 Å². The molecule has 0 aliphatic rings. The van der Waals surface area contributed by atoms with E-state index in [0.717, 1.165) is 0 Å². The van der Waals surface area contributed by atoms with Crippen LogP contribution in [-0.4, -0.2) is 11.4 Å². The molecule has 0 aliphatic heterocycles. The molecule has 3 heteroatoms. The number of nitrogens with two attached hydrogens (primary N) is 2. The molecule has 1 atom stereocenters. The Hall–Kier alpha value is -1.61. The fraction of sp³-hybridized carbons (Fsp3) is 0.250. The number of rotatable bonds is 7. The van der Waals surface area contributed by atoms with Gasteiger partial charge in [-0.2, -0.15) is 0 Å². The van der Waals surface area contributed by atoms with Crippen molar-refractivity contribution < 1.29 is 4.79 Å². The normalized spacial score (nSPS) is 13.7. The van der Waals surface area contributed by atoms with Crippen molar-refractivity contribution >= 4 is 5.91 Å². The molecule has 0 radical (unpaired) electrons. The third kappa shape index (κ3) is 2.92. The molecule has 3 nitrogen and oxygen atoms in total. The molecule has 4 N–H and O–H groups in total. The van der Waals surface area contributed by atoms with E-state index in [0.29, 0.717) is 18.4 Å². The van der Waals surface area contributed by atoms with Crippen molar-refractivity contribution in [3.8, 4) is 0 Å². The minimum absolute atomic E-state index is 0.147. The Morgan fingerprint density at radius 3 is 2.13 bits per heavy atom. The number of allylic oxidation sites excluding steroid dienone is 1. The molecule has 1 amide bonds. The molecule has 0 aliphatic carbocycles. The van der Waals surface area contributed by atoms with Crippen molar-refractivity contribution in [2.24, 2.45) is 11.5 Å². The van der Waals surface area contributed by atoms with Crippen molar-refractivity contribution in [1.82, 2.24) is 0 Å². The van der Waals surface area contributed by atoms with Crippen molar-refractivity contribution in [2.75, 3.05) is 0 Å². The van der Waals surface area contributed by atoms with Gasteiger partial charge in [0, 0.05) is 5.57 Å². The van der Waals surface area contributed by atoms with Gasteiger partial charge in [-0.25, -0.2) is 0 Å². The lowest BCUT2D eigenvalue weighted by Crippen LogP contribution is -2.46. The maximum Gasteiger partial charge on any atom is 0.246 e. The summed E-state index contributed by atoms with van der Waals surface area (Å²) in [6, 6.07) is 0. The van der Waals surface area contributed by atoms with E-state index in [9.17, 15) is 4.79 Å². The minimum atomic E-state index is -1.01. The zero-order chi connectivity index (χ0) is 12.1. The number of primary amides is 1. The van der Waals surface area contributed by atoms with E-state index < -0.39 is 11.4 Å². The first kappa shape index (κ1) is 13.4. The highest BCUT2D eigenvalue weighted by Crippen LogP contribution is 2.27. The van der Waals surface area contributed by atoms with Gasteiger partial charge in [-0.05, 0) is 18.4 Å². The van der Waals surface area contributed by atoms with E-state index in [1.165, 1.54) is 0 Å². The van der Waals surface area contributed by atoms with Crippen LogP contribution in [0.4, 0.5) is 0 Å². The van der Waals surface area contributed by atoms with Gasteiger partial charge < -0.3 is 11.5 Å². The number of carbonyl (C=O) groups is 1. The molecular weight excluding hydrogens is 188 g/mol. The summed E-state index contributed by atoms with van der Waals surface area (Å²) in [6.07, 6.45) is 4.17. The number of carbonyl (C=O) groups excluding carboxylic acids is 1. The summed E-state index contributed by atoms with van der Waals surface area (Å²) >= 11 is 0. The van der Waals surface area contributed by atoms with Crippen molar-refractivity contribution in [1.29, 1.82) is 0 Å². The molecule has 0 aromatic carbocycles. The maximum absolute atomic E-state index is 11.1. The van der Waals surface area contributed by atoms with Crippen LogP contribution in [0.2, 0.25) is 0 Å². The summed E-state index contributed by atoms with van der Waals surface area (Å²) < 4.78 is 0. The summed E-state index contributed by atoms with van der Waals surface area (Å²) in [5.41, 5.74) is 11.0. The third-order valence-electron chi connectivity index (χ3n) is 2.32. The summed E-state index contributed by atoms with van der Waals surface area (Å²) in [7, 11) is 0. The van der Waals surface area contributed by atoms with Gasteiger partial charge in [0.05, 0.1) is 5.54 Å². The Morgan fingerprint density at radius 1 is 1.27 bits per heavy atom. The van der Waals surface area contributed by atoms with E-state index in [1.54, 1.807) is 12.2 Å². The highest BCUT2D eigenvalue weighted by Gasteiger charge is 2.32. The van der Waals surface area contributed by atoms with Crippen LogP contribution in [0, 0.1) is 0 Å². The van der Waals surface area contributed by atoms with Gasteiger partial charge in [0.15, 0.2) is 0 Å². The van der Waals surface area contributed by atoms with Crippen molar-refractivity contribution in [3.63, 3.8) is 0 Å². The molecule has 0 saturated carbocycles. The summed E-state index contributed by atoms with van der Waals surface area (Å²) in [5.74, 6) is -0.621. The van der Waals surface area contributed by atoms with Crippen molar-refractivity contribution in [2.45, 2.75) is 18.4 Å². The van der Waals surface area contributed by atoms with E-state index in [1.807, 2.05) is 0 Å². The fourth-order valence-electron chi connectivity index (χ4n) is 1.28. The van der Waals surface area contributed by atoms with Gasteiger partial charge in [-0.3, -0.25) is 4.79 Å². The molecule has 0 saturated heterocycles. The lowest BCUT2D eigenvalue weighted by atomic mass is 9.80. The molecule has 15 heavy (non-hydrogen) atoms. The van der Waals surface area contributed by atoms with Gasteiger partial charge in [0.2, 0.25) is 5.91 Å². The number of hydrogen-bond donors (Lipinski definition) is 2. The van der Waals surface area contributed by atoms with Crippen LogP contribution in [0.1, 0.15) is 12.8 Å². The Balaban J connectivity index is 5.12. The molecule has 0 heterocycles. The lowest BCUT2D eigenvalue weighted by molar-refractivity contribution is -0.115. The van der Waals surface area contributed by atoms with Crippen LogP contribution in [-0.2, 0) is 4.79 Å². The standard InChI is InChI=1S/C12H18N2O/c1-5-7-9(3)12(14,8-6-2)10(4)11(13)15/h5-6H,1-4,7-8,14H2,(H2,13,15). The molecule has 82 valence electrons. The van der Waals surface area contributed by atoms with Crippen molar-refractivity contribution in [3.05, 3.63) is 49.6 Å². The Kier molecular flexibility index (Phi) is 4.74. The van der Waals surface area contributed by atoms with Gasteiger partial charge in [-0.1, -0.05) is 25.3 Å². The molecule has 0 rings (SSSR count). The molecule has 1 unspecified atom stereocenters. The molecule has 0 aromatic rings. The van der Waals surface area contributed by atoms with E-state index in [-0.39, 0.29) is 5.57 Å².